The third kappa shape index (κ3) is 3.54. The summed E-state index contributed by atoms with van der Waals surface area (Å²) in [4.78, 5) is 25.6. The smallest absolute Gasteiger partial charge is 0.312 e. The third-order valence-corrected chi connectivity index (χ3v) is 6.25. The van der Waals surface area contributed by atoms with E-state index in [1.807, 2.05) is 6.07 Å². The number of phenolic OH excluding ortho intramolecular Hbond substituents is 1. The maximum atomic E-state index is 13.2. The molecular weight excluding hydrogens is 452 g/mol. The second-order valence-electron chi connectivity index (χ2n) is 8.36. The Morgan fingerprint density at radius 3 is 2.54 bits per heavy atom. The molecule has 35 heavy (non-hydrogen) atoms. The summed E-state index contributed by atoms with van der Waals surface area (Å²) in [7, 11) is 1.46. The van der Waals surface area contributed by atoms with Crippen LogP contribution in [0.2, 0.25) is 0 Å². The van der Waals surface area contributed by atoms with Crippen LogP contribution in [-0.2, 0) is 4.79 Å². The summed E-state index contributed by atoms with van der Waals surface area (Å²) in [5, 5.41) is 10.3. The number of benzene rings is 3. The number of hydrogen-bond acceptors (Lipinski definition) is 8. The number of Topliss-reactive ketones (excluding diaryl/α,β-unsaturated/α-hetero) is 1. The van der Waals surface area contributed by atoms with E-state index in [9.17, 15) is 14.7 Å². The lowest BCUT2D eigenvalue weighted by Crippen LogP contribution is -2.21. The van der Waals surface area contributed by atoms with Crippen molar-refractivity contribution in [1.29, 1.82) is 0 Å². The number of ketones is 1. The van der Waals surface area contributed by atoms with E-state index in [0.717, 1.165) is 5.56 Å². The number of fused-ring (bicyclic) bond motifs is 4. The zero-order valence-electron chi connectivity index (χ0n) is 18.7. The molecule has 8 nitrogen and oxygen atoms in total. The average molecular weight is 472 g/mol. The molecule has 3 aromatic rings. The van der Waals surface area contributed by atoms with Gasteiger partial charge in [0.25, 0.3) is 0 Å². The minimum Gasteiger partial charge on any atom is -0.504 e. The first-order valence-electron chi connectivity index (χ1n) is 11.1. The highest BCUT2D eigenvalue weighted by molar-refractivity contribution is 6.15. The Bertz CT molecular complexity index is 1420. The van der Waals surface area contributed by atoms with Gasteiger partial charge in [-0.1, -0.05) is 12.1 Å². The summed E-state index contributed by atoms with van der Waals surface area (Å²) in [5.41, 5.74) is 2.37. The van der Waals surface area contributed by atoms with E-state index in [0.29, 0.717) is 58.7 Å². The number of allylic oxidation sites excluding steroid dienone is 1. The first kappa shape index (κ1) is 21.1. The lowest BCUT2D eigenvalue weighted by molar-refractivity contribution is -0.135. The third-order valence-electron chi connectivity index (χ3n) is 6.25. The maximum Gasteiger partial charge on any atom is 0.312 e. The molecule has 0 bridgehead atoms. The average Bonchev–Trinajstić information content (AvgIpc) is 3.18. The molecule has 0 radical (unpaired) electrons. The molecule has 3 aliphatic rings. The molecule has 0 saturated carbocycles. The predicted octanol–water partition coefficient (Wildman–Crippen LogP) is 4.23. The zero-order chi connectivity index (χ0) is 24.1. The molecule has 0 aromatic heterocycles. The number of carbonyl (C=O) groups excluding carboxylic acids is 2. The first-order chi connectivity index (χ1) is 17.0. The van der Waals surface area contributed by atoms with Crippen LogP contribution in [0.4, 0.5) is 0 Å². The molecule has 3 aliphatic heterocycles. The molecular formula is C27H20O8. The van der Waals surface area contributed by atoms with Gasteiger partial charge in [0, 0.05) is 11.5 Å². The molecule has 1 unspecified atom stereocenters. The SMILES string of the molecule is COc1ccc(C2CC(=O)Oc3ccc4c(c32)OC(=Cc2ccc3c(c2)OCCO3)C4=O)cc1O. The monoisotopic (exact) mass is 472 g/mol. The fraction of sp³-hybridized carbons (Fsp3) is 0.185. The van der Waals surface area contributed by atoms with Crippen LogP contribution in [0.25, 0.3) is 6.08 Å². The molecule has 3 heterocycles. The van der Waals surface area contributed by atoms with Crippen LogP contribution in [0.1, 0.15) is 39.4 Å². The lowest BCUT2D eigenvalue weighted by Gasteiger charge is -2.26. The van der Waals surface area contributed by atoms with Crippen LogP contribution in [0.15, 0.2) is 54.3 Å². The summed E-state index contributed by atoms with van der Waals surface area (Å²) in [6, 6.07) is 13.6. The fourth-order valence-electron chi connectivity index (χ4n) is 4.62. The van der Waals surface area contributed by atoms with Gasteiger partial charge in [-0.25, -0.2) is 0 Å². The standard InChI is InChI=1S/C27H20O8/c1-31-19-6-3-15(12-18(19)28)17-13-24(29)34-21-7-4-16-26(30)23(35-27(16)25(17)21)11-14-2-5-20-22(10-14)33-9-8-32-20/h2-7,10-12,17,28H,8-9,13H2,1H3. The quantitative estimate of drug-likeness (QED) is 0.343. The summed E-state index contributed by atoms with van der Waals surface area (Å²) in [6.45, 7) is 0.953. The van der Waals surface area contributed by atoms with Gasteiger partial charge in [0.1, 0.15) is 24.7 Å². The summed E-state index contributed by atoms with van der Waals surface area (Å²) in [6.07, 6.45) is 1.68. The largest absolute Gasteiger partial charge is 0.504 e. The van der Waals surface area contributed by atoms with E-state index in [1.165, 1.54) is 7.11 Å². The van der Waals surface area contributed by atoms with Gasteiger partial charge in [0.15, 0.2) is 28.8 Å². The van der Waals surface area contributed by atoms with Crippen LogP contribution in [0.5, 0.6) is 34.5 Å². The van der Waals surface area contributed by atoms with Gasteiger partial charge < -0.3 is 28.8 Å². The van der Waals surface area contributed by atoms with Crippen LogP contribution < -0.4 is 23.7 Å². The zero-order valence-corrected chi connectivity index (χ0v) is 18.7. The molecule has 176 valence electrons. The van der Waals surface area contributed by atoms with Crippen molar-refractivity contribution in [1.82, 2.24) is 0 Å². The van der Waals surface area contributed by atoms with Crippen molar-refractivity contribution < 1.29 is 38.4 Å². The number of ether oxygens (including phenoxy) is 5. The molecule has 0 aliphatic carbocycles. The number of aromatic hydroxyl groups is 1. The van der Waals surface area contributed by atoms with Crippen LogP contribution >= 0.6 is 0 Å². The molecule has 0 saturated heterocycles. The van der Waals surface area contributed by atoms with E-state index < -0.39 is 11.9 Å². The second-order valence-corrected chi connectivity index (χ2v) is 8.36. The normalized spacial score (nSPS) is 19.0. The van der Waals surface area contributed by atoms with Gasteiger partial charge >= 0.3 is 5.97 Å². The highest BCUT2D eigenvalue weighted by atomic mass is 16.6. The van der Waals surface area contributed by atoms with Crippen molar-refractivity contribution in [2.45, 2.75) is 12.3 Å². The Morgan fingerprint density at radius 2 is 1.74 bits per heavy atom. The molecule has 3 aromatic carbocycles. The Labute approximate surface area is 200 Å². The Morgan fingerprint density at radius 1 is 0.943 bits per heavy atom. The molecule has 8 heteroatoms. The van der Waals surface area contributed by atoms with Crippen molar-refractivity contribution in [3.63, 3.8) is 0 Å². The minimum absolute atomic E-state index is 0.0357. The molecule has 0 amide bonds. The Balaban J connectivity index is 1.41. The van der Waals surface area contributed by atoms with E-state index in [-0.39, 0.29) is 23.7 Å². The molecule has 1 N–H and O–H groups in total. The van der Waals surface area contributed by atoms with E-state index in [1.54, 1.807) is 48.5 Å². The Hall–Kier alpha value is -4.46. The fourth-order valence-corrected chi connectivity index (χ4v) is 4.62. The van der Waals surface area contributed by atoms with Crippen molar-refractivity contribution >= 4 is 17.8 Å². The second kappa shape index (κ2) is 8.09. The number of rotatable bonds is 3. The molecule has 0 fully saturated rings. The van der Waals surface area contributed by atoms with E-state index in [4.69, 9.17) is 23.7 Å². The van der Waals surface area contributed by atoms with Gasteiger partial charge in [0.05, 0.1) is 19.1 Å². The van der Waals surface area contributed by atoms with Gasteiger partial charge in [0.2, 0.25) is 5.78 Å². The molecule has 6 rings (SSSR count). The van der Waals surface area contributed by atoms with Crippen LogP contribution in [-0.4, -0.2) is 37.2 Å². The summed E-state index contributed by atoms with van der Waals surface area (Å²) in [5.74, 6) is 1.21. The van der Waals surface area contributed by atoms with Crippen molar-refractivity contribution in [3.05, 3.63) is 76.5 Å². The first-order valence-corrected chi connectivity index (χ1v) is 11.1. The van der Waals surface area contributed by atoms with Gasteiger partial charge in [-0.05, 0) is 53.6 Å². The highest BCUT2D eigenvalue weighted by Gasteiger charge is 2.38. The van der Waals surface area contributed by atoms with Crippen LogP contribution in [0.3, 0.4) is 0 Å². The van der Waals surface area contributed by atoms with Crippen LogP contribution in [0, 0.1) is 0 Å². The minimum atomic E-state index is -0.473. The van der Waals surface area contributed by atoms with E-state index >= 15 is 0 Å². The Kier molecular flexibility index (Phi) is 4.88. The lowest BCUT2D eigenvalue weighted by atomic mass is 9.84. The number of esters is 1. The topological polar surface area (TPSA) is 101 Å². The number of hydrogen-bond donors (Lipinski definition) is 1. The van der Waals surface area contributed by atoms with Crippen molar-refractivity contribution in [2.75, 3.05) is 20.3 Å². The summed E-state index contributed by atoms with van der Waals surface area (Å²) >= 11 is 0. The van der Waals surface area contributed by atoms with Gasteiger partial charge in [-0.15, -0.1) is 0 Å². The number of methoxy groups -OCH3 is 1. The predicted molar refractivity (Wildman–Crippen MR) is 124 cm³/mol. The van der Waals surface area contributed by atoms with Gasteiger partial charge in [-0.3, -0.25) is 9.59 Å². The number of phenols is 1. The maximum absolute atomic E-state index is 13.2. The number of carbonyl (C=O) groups is 2. The van der Waals surface area contributed by atoms with Crippen molar-refractivity contribution in [2.24, 2.45) is 0 Å². The van der Waals surface area contributed by atoms with Gasteiger partial charge in [-0.2, -0.15) is 0 Å². The molecule has 1 atom stereocenters. The van der Waals surface area contributed by atoms with Crippen molar-refractivity contribution in [3.8, 4) is 34.5 Å². The molecule has 0 spiro atoms. The van der Waals surface area contributed by atoms with E-state index in [2.05, 4.69) is 0 Å². The highest BCUT2D eigenvalue weighted by Crippen LogP contribution is 2.49. The summed E-state index contributed by atoms with van der Waals surface area (Å²) < 4.78 is 27.9.